The van der Waals surface area contributed by atoms with E-state index in [0.29, 0.717) is 6.54 Å². The van der Waals surface area contributed by atoms with Gasteiger partial charge in [0.2, 0.25) is 0 Å². The van der Waals surface area contributed by atoms with Crippen LogP contribution in [0.1, 0.15) is 37.8 Å². The van der Waals surface area contributed by atoms with Crippen molar-refractivity contribution < 1.29 is 9.18 Å². The molecule has 0 bridgehead atoms. The van der Waals surface area contributed by atoms with Gasteiger partial charge in [-0.25, -0.2) is 9.18 Å². The third-order valence-electron chi connectivity index (χ3n) is 5.42. The Hall–Kier alpha value is -1.31. The van der Waals surface area contributed by atoms with Crippen molar-refractivity contribution in [2.75, 3.05) is 51.6 Å². The molecule has 2 N–H and O–H groups in total. The van der Waals surface area contributed by atoms with Crippen LogP contribution in [0, 0.1) is 5.82 Å². The van der Waals surface area contributed by atoms with Crippen molar-refractivity contribution in [2.24, 2.45) is 0 Å². The van der Waals surface area contributed by atoms with E-state index in [0.717, 1.165) is 61.7 Å². The lowest BCUT2D eigenvalue weighted by atomic mass is 10.0. The third kappa shape index (κ3) is 6.09. The standard InChI is InChI=1S/C20H31FN4OS/c1-2-24-10-12-25(13-11-24)9-4-3-8-22-20(26)23-18-7-14-27-19-6-5-16(21)15-17(18)19/h5-6,15,18H,2-4,7-14H2,1H3,(H2,22,23,26)/t18-/m0/s1. The molecule has 0 radical (unpaired) electrons. The minimum Gasteiger partial charge on any atom is -0.338 e. The van der Waals surface area contributed by atoms with Crippen molar-refractivity contribution in [1.29, 1.82) is 0 Å². The number of fused-ring (bicyclic) bond motifs is 1. The number of urea groups is 1. The van der Waals surface area contributed by atoms with E-state index < -0.39 is 0 Å². The molecule has 1 saturated heterocycles. The lowest BCUT2D eigenvalue weighted by Gasteiger charge is -2.34. The molecule has 1 aromatic rings. The van der Waals surface area contributed by atoms with Gasteiger partial charge in [0.15, 0.2) is 0 Å². The summed E-state index contributed by atoms with van der Waals surface area (Å²) in [7, 11) is 0. The van der Waals surface area contributed by atoms with Crippen molar-refractivity contribution in [3.05, 3.63) is 29.6 Å². The van der Waals surface area contributed by atoms with Crippen molar-refractivity contribution >= 4 is 17.8 Å². The highest BCUT2D eigenvalue weighted by molar-refractivity contribution is 7.99. The first-order valence-electron chi connectivity index (χ1n) is 10.1. The van der Waals surface area contributed by atoms with Crippen LogP contribution in [-0.4, -0.2) is 67.4 Å². The van der Waals surface area contributed by atoms with Crippen LogP contribution in [0.5, 0.6) is 0 Å². The SMILES string of the molecule is CCN1CCN(CCCCNC(=O)N[C@H]2CCSc3ccc(F)cc32)CC1. The molecule has 1 aromatic carbocycles. The second-order valence-corrected chi connectivity index (χ2v) is 8.39. The zero-order valence-corrected chi connectivity index (χ0v) is 17.0. The summed E-state index contributed by atoms with van der Waals surface area (Å²) in [6, 6.07) is 4.58. The quantitative estimate of drug-likeness (QED) is 0.698. The monoisotopic (exact) mass is 394 g/mol. The molecule has 3 rings (SSSR count). The number of unbranched alkanes of at least 4 members (excludes halogenated alkanes) is 1. The summed E-state index contributed by atoms with van der Waals surface area (Å²) >= 11 is 1.72. The molecule has 2 aliphatic rings. The highest BCUT2D eigenvalue weighted by Gasteiger charge is 2.22. The van der Waals surface area contributed by atoms with Gasteiger partial charge in [-0.15, -0.1) is 11.8 Å². The number of rotatable bonds is 7. The summed E-state index contributed by atoms with van der Waals surface area (Å²) in [6.07, 6.45) is 2.91. The maximum Gasteiger partial charge on any atom is 0.315 e. The molecule has 0 aromatic heterocycles. The Morgan fingerprint density at radius 2 is 2.00 bits per heavy atom. The van der Waals surface area contributed by atoms with Crippen molar-refractivity contribution in [3.8, 4) is 0 Å². The topological polar surface area (TPSA) is 47.6 Å². The number of nitrogens with zero attached hydrogens (tertiary/aromatic N) is 2. The second kappa shape index (κ2) is 10.3. The fraction of sp³-hybridized carbons (Fsp3) is 0.650. The van der Waals surface area contributed by atoms with Gasteiger partial charge in [-0.3, -0.25) is 0 Å². The van der Waals surface area contributed by atoms with E-state index in [1.54, 1.807) is 23.9 Å². The minimum atomic E-state index is -0.247. The molecule has 0 saturated carbocycles. The number of amides is 2. The number of halogens is 1. The van der Waals surface area contributed by atoms with Crippen LogP contribution in [0.2, 0.25) is 0 Å². The number of piperazine rings is 1. The summed E-state index contributed by atoms with van der Waals surface area (Å²) in [5.41, 5.74) is 0.896. The van der Waals surface area contributed by atoms with E-state index in [9.17, 15) is 9.18 Å². The predicted octanol–water partition coefficient (Wildman–Crippen LogP) is 3.08. The molecule has 0 unspecified atom stereocenters. The molecule has 2 amide bonds. The van der Waals surface area contributed by atoms with Crippen LogP contribution >= 0.6 is 11.8 Å². The molecule has 150 valence electrons. The van der Waals surface area contributed by atoms with Gasteiger partial charge in [-0.05, 0) is 56.1 Å². The van der Waals surface area contributed by atoms with Crippen LogP contribution in [0.25, 0.3) is 0 Å². The van der Waals surface area contributed by atoms with Gasteiger partial charge in [0.05, 0.1) is 6.04 Å². The van der Waals surface area contributed by atoms with Gasteiger partial charge in [0, 0.05) is 43.4 Å². The largest absolute Gasteiger partial charge is 0.338 e. The molecule has 0 spiro atoms. The molecular formula is C20H31FN4OS. The van der Waals surface area contributed by atoms with Crippen LogP contribution in [-0.2, 0) is 0 Å². The Bertz CT molecular complexity index is 622. The molecule has 1 atom stereocenters. The number of nitrogens with one attached hydrogen (secondary N) is 2. The number of carbonyl (C=O) groups excluding carboxylic acids is 1. The maximum absolute atomic E-state index is 13.5. The average molecular weight is 395 g/mol. The number of likely N-dealkylation sites (N-methyl/N-ethyl adjacent to an activating group) is 1. The molecule has 0 aliphatic carbocycles. The lowest BCUT2D eigenvalue weighted by Crippen LogP contribution is -2.46. The van der Waals surface area contributed by atoms with Gasteiger partial charge in [0.25, 0.3) is 0 Å². The molecule has 27 heavy (non-hydrogen) atoms. The van der Waals surface area contributed by atoms with Crippen LogP contribution in [0.3, 0.4) is 0 Å². The van der Waals surface area contributed by atoms with E-state index in [1.165, 1.54) is 19.2 Å². The predicted molar refractivity (Wildman–Crippen MR) is 109 cm³/mol. The van der Waals surface area contributed by atoms with E-state index in [1.807, 2.05) is 0 Å². The third-order valence-corrected chi connectivity index (χ3v) is 6.54. The van der Waals surface area contributed by atoms with Crippen molar-refractivity contribution in [1.82, 2.24) is 20.4 Å². The molecular weight excluding hydrogens is 363 g/mol. The minimum absolute atomic E-state index is 0.105. The first-order valence-corrected chi connectivity index (χ1v) is 11.1. The van der Waals surface area contributed by atoms with Crippen LogP contribution in [0.15, 0.2) is 23.1 Å². The van der Waals surface area contributed by atoms with Gasteiger partial charge in [0.1, 0.15) is 5.82 Å². The normalized spacial score (nSPS) is 20.9. The summed E-state index contributed by atoms with van der Waals surface area (Å²) in [6.45, 7) is 9.77. The van der Waals surface area contributed by atoms with Crippen LogP contribution < -0.4 is 10.6 Å². The van der Waals surface area contributed by atoms with E-state index in [4.69, 9.17) is 0 Å². The average Bonchev–Trinajstić information content (AvgIpc) is 2.68. The Morgan fingerprint density at radius 1 is 1.22 bits per heavy atom. The second-order valence-electron chi connectivity index (χ2n) is 7.26. The number of carbonyl (C=O) groups is 1. The number of hydrogen-bond acceptors (Lipinski definition) is 4. The van der Waals surface area contributed by atoms with E-state index in [-0.39, 0.29) is 17.9 Å². The highest BCUT2D eigenvalue weighted by Crippen LogP contribution is 2.36. The molecule has 2 aliphatic heterocycles. The Labute approximate surface area is 166 Å². The lowest BCUT2D eigenvalue weighted by molar-refractivity contribution is 0.135. The summed E-state index contributed by atoms with van der Waals surface area (Å²) in [5, 5.41) is 5.96. The van der Waals surface area contributed by atoms with Crippen molar-refractivity contribution in [3.63, 3.8) is 0 Å². The van der Waals surface area contributed by atoms with Crippen molar-refractivity contribution in [2.45, 2.75) is 37.1 Å². The first-order chi connectivity index (χ1) is 13.2. The van der Waals surface area contributed by atoms with Gasteiger partial charge < -0.3 is 20.4 Å². The highest BCUT2D eigenvalue weighted by atomic mass is 32.2. The number of hydrogen-bond donors (Lipinski definition) is 2. The zero-order chi connectivity index (χ0) is 19.1. The maximum atomic E-state index is 13.5. The molecule has 1 fully saturated rings. The summed E-state index contributed by atoms with van der Waals surface area (Å²) in [5.74, 6) is 0.692. The Morgan fingerprint density at radius 3 is 2.78 bits per heavy atom. The van der Waals surface area contributed by atoms with E-state index in [2.05, 4.69) is 27.4 Å². The molecule has 5 nitrogen and oxygen atoms in total. The summed E-state index contributed by atoms with van der Waals surface area (Å²) in [4.78, 5) is 18.3. The number of benzene rings is 1. The number of thioether (sulfide) groups is 1. The van der Waals surface area contributed by atoms with Crippen LogP contribution in [0.4, 0.5) is 9.18 Å². The fourth-order valence-corrected chi connectivity index (χ4v) is 4.82. The smallest absolute Gasteiger partial charge is 0.315 e. The fourth-order valence-electron chi connectivity index (χ4n) is 3.72. The molecule has 2 heterocycles. The van der Waals surface area contributed by atoms with Gasteiger partial charge in [-0.2, -0.15) is 0 Å². The zero-order valence-electron chi connectivity index (χ0n) is 16.2. The van der Waals surface area contributed by atoms with Gasteiger partial charge >= 0.3 is 6.03 Å². The Balaban J connectivity index is 1.32. The van der Waals surface area contributed by atoms with Gasteiger partial charge in [-0.1, -0.05) is 6.92 Å². The van der Waals surface area contributed by atoms with E-state index >= 15 is 0 Å². The summed E-state index contributed by atoms with van der Waals surface area (Å²) < 4.78 is 13.5. The molecule has 7 heteroatoms. The first kappa shape index (κ1) is 20.4. The Kier molecular flexibility index (Phi) is 7.79.